The molecule has 5 nitrogen and oxygen atoms in total. The third kappa shape index (κ3) is 4.45. The highest BCUT2D eigenvalue weighted by Crippen LogP contribution is 2.21. The molecular weight excluding hydrogens is 361 g/mol. The van der Waals surface area contributed by atoms with Crippen molar-refractivity contribution in [2.24, 2.45) is 0 Å². The Hall–Kier alpha value is -1.60. The van der Waals surface area contributed by atoms with Gasteiger partial charge in [-0.25, -0.2) is 17.9 Å². The van der Waals surface area contributed by atoms with E-state index in [9.17, 15) is 13.2 Å². The molecule has 0 fully saturated rings. The summed E-state index contributed by atoms with van der Waals surface area (Å²) in [6.07, 6.45) is 0. The van der Waals surface area contributed by atoms with Gasteiger partial charge in [0.15, 0.2) is 0 Å². The average molecular weight is 374 g/mol. The van der Waals surface area contributed by atoms with Crippen LogP contribution in [0.1, 0.15) is 15.9 Å². The third-order valence-electron chi connectivity index (χ3n) is 3.03. The first-order valence-electron chi connectivity index (χ1n) is 6.45. The molecule has 2 aromatic carbocycles. The van der Waals surface area contributed by atoms with Crippen molar-refractivity contribution < 1.29 is 17.9 Å². The fourth-order valence-corrected chi connectivity index (χ4v) is 3.36. The van der Waals surface area contributed by atoms with Crippen molar-refractivity contribution in [1.29, 1.82) is 0 Å². The second kappa shape index (κ2) is 7.31. The second-order valence-corrected chi connectivity index (χ2v) is 7.19. The number of hydrogen-bond acceptors (Lipinski definition) is 4. The fourth-order valence-electron chi connectivity index (χ4n) is 1.83. The van der Waals surface area contributed by atoms with E-state index in [1.807, 2.05) is 0 Å². The molecule has 0 unspecified atom stereocenters. The lowest BCUT2D eigenvalue weighted by Gasteiger charge is -2.09. The molecule has 1 N–H and O–H groups in total. The van der Waals surface area contributed by atoms with Gasteiger partial charge >= 0.3 is 5.97 Å². The topological polar surface area (TPSA) is 72.5 Å². The normalized spacial score (nSPS) is 11.3. The SMILES string of the molecule is COC(=O)c1cccc(S(=O)(=O)NCc2ccc(Cl)cc2Cl)c1. The number of methoxy groups -OCH3 is 1. The Morgan fingerprint density at radius 2 is 1.91 bits per heavy atom. The Kier molecular flexibility index (Phi) is 5.64. The lowest BCUT2D eigenvalue weighted by Crippen LogP contribution is -2.23. The van der Waals surface area contributed by atoms with Crippen LogP contribution in [-0.4, -0.2) is 21.5 Å². The van der Waals surface area contributed by atoms with Gasteiger partial charge < -0.3 is 4.74 Å². The summed E-state index contributed by atoms with van der Waals surface area (Å²) in [5.74, 6) is -0.609. The largest absolute Gasteiger partial charge is 0.465 e. The molecule has 0 saturated carbocycles. The number of carbonyl (C=O) groups is 1. The van der Waals surface area contributed by atoms with E-state index >= 15 is 0 Å². The molecule has 2 rings (SSSR count). The Morgan fingerprint density at radius 1 is 1.17 bits per heavy atom. The molecule has 0 aliphatic rings. The molecule has 0 aliphatic heterocycles. The molecule has 2 aromatic rings. The Bertz CT molecular complexity index is 837. The number of esters is 1. The second-order valence-electron chi connectivity index (χ2n) is 4.58. The number of rotatable bonds is 5. The summed E-state index contributed by atoms with van der Waals surface area (Å²) in [4.78, 5) is 11.4. The summed E-state index contributed by atoms with van der Waals surface area (Å²) < 4.78 is 31.6. The van der Waals surface area contributed by atoms with Crippen molar-refractivity contribution in [2.75, 3.05) is 7.11 Å². The highest BCUT2D eigenvalue weighted by atomic mass is 35.5. The number of ether oxygens (including phenoxy) is 1. The number of benzene rings is 2. The maximum absolute atomic E-state index is 12.3. The van der Waals surface area contributed by atoms with E-state index in [1.165, 1.54) is 37.4 Å². The Balaban J connectivity index is 2.20. The quantitative estimate of drug-likeness (QED) is 0.816. The minimum absolute atomic E-state index is 0.000781. The maximum atomic E-state index is 12.3. The van der Waals surface area contributed by atoms with Crippen molar-refractivity contribution in [3.8, 4) is 0 Å². The average Bonchev–Trinajstić information content (AvgIpc) is 2.53. The highest BCUT2D eigenvalue weighted by molar-refractivity contribution is 7.89. The predicted molar refractivity (Wildman–Crippen MR) is 88.3 cm³/mol. The number of halogens is 2. The molecule has 0 spiro atoms. The lowest BCUT2D eigenvalue weighted by molar-refractivity contribution is 0.0600. The molecule has 0 saturated heterocycles. The molecule has 0 heterocycles. The van der Waals surface area contributed by atoms with Gasteiger partial charge in [0.2, 0.25) is 10.0 Å². The van der Waals surface area contributed by atoms with Crippen molar-refractivity contribution in [3.05, 3.63) is 63.6 Å². The van der Waals surface area contributed by atoms with E-state index in [-0.39, 0.29) is 17.0 Å². The highest BCUT2D eigenvalue weighted by Gasteiger charge is 2.17. The number of hydrogen-bond donors (Lipinski definition) is 1. The predicted octanol–water partition coefficient (Wildman–Crippen LogP) is 3.26. The van der Waals surface area contributed by atoms with E-state index in [4.69, 9.17) is 23.2 Å². The van der Waals surface area contributed by atoms with Gasteiger partial charge in [-0.05, 0) is 35.9 Å². The van der Waals surface area contributed by atoms with Crippen LogP contribution in [0.2, 0.25) is 10.0 Å². The third-order valence-corrected chi connectivity index (χ3v) is 5.02. The van der Waals surface area contributed by atoms with Crippen LogP contribution >= 0.6 is 23.2 Å². The van der Waals surface area contributed by atoms with Crippen molar-refractivity contribution in [3.63, 3.8) is 0 Å². The molecule has 0 amide bonds. The molecular formula is C15H13Cl2NO4S. The van der Waals surface area contributed by atoms with E-state index < -0.39 is 16.0 Å². The minimum atomic E-state index is -3.80. The molecule has 0 bridgehead atoms. The summed E-state index contributed by atoms with van der Waals surface area (Å²) in [5.41, 5.74) is 0.740. The first kappa shape index (κ1) is 17.7. The van der Waals surface area contributed by atoms with E-state index in [1.54, 1.807) is 12.1 Å². The van der Waals surface area contributed by atoms with Crippen LogP contribution in [0.5, 0.6) is 0 Å². The minimum Gasteiger partial charge on any atom is -0.465 e. The molecule has 8 heteroatoms. The summed E-state index contributed by atoms with van der Waals surface area (Å²) >= 11 is 11.8. The van der Waals surface area contributed by atoms with Gasteiger partial charge in [-0.3, -0.25) is 0 Å². The van der Waals surface area contributed by atoms with Crippen LogP contribution in [0.25, 0.3) is 0 Å². The smallest absolute Gasteiger partial charge is 0.337 e. The summed E-state index contributed by atoms with van der Waals surface area (Å²) in [6, 6.07) is 10.4. The van der Waals surface area contributed by atoms with E-state index in [0.717, 1.165) is 0 Å². The zero-order chi connectivity index (χ0) is 17.0. The molecule has 0 radical (unpaired) electrons. The van der Waals surface area contributed by atoms with Crippen LogP contribution in [0.15, 0.2) is 47.4 Å². The molecule has 23 heavy (non-hydrogen) atoms. The van der Waals surface area contributed by atoms with Crippen LogP contribution in [-0.2, 0) is 21.3 Å². The zero-order valence-electron chi connectivity index (χ0n) is 12.0. The van der Waals surface area contributed by atoms with Gasteiger partial charge in [-0.2, -0.15) is 0 Å². The summed E-state index contributed by atoms with van der Waals surface area (Å²) in [5, 5.41) is 0.830. The molecule has 0 aromatic heterocycles. The van der Waals surface area contributed by atoms with Crippen LogP contribution < -0.4 is 4.72 Å². The van der Waals surface area contributed by atoms with E-state index in [2.05, 4.69) is 9.46 Å². The summed E-state index contributed by atoms with van der Waals surface area (Å²) in [6.45, 7) is 0.000781. The maximum Gasteiger partial charge on any atom is 0.337 e. The van der Waals surface area contributed by atoms with Gasteiger partial charge in [0.25, 0.3) is 0 Å². The number of sulfonamides is 1. The van der Waals surface area contributed by atoms with Crippen LogP contribution in [0.4, 0.5) is 0 Å². The molecule has 0 atom stereocenters. The van der Waals surface area contributed by atoms with Crippen molar-refractivity contribution in [1.82, 2.24) is 4.72 Å². The number of nitrogens with one attached hydrogen (secondary N) is 1. The van der Waals surface area contributed by atoms with Gasteiger partial charge in [0, 0.05) is 16.6 Å². The van der Waals surface area contributed by atoms with Gasteiger partial charge in [-0.1, -0.05) is 35.3 Å². The molecule has 0 aliphatic carbocycles. The van der Waals surface area contributed by atoms with Gasteiger partial charge in [-0.15, -0.1) is 0 Å². The molecule has 122 valence electrons. The van der Waals surface area contributed by atoms with Gasteiger partial charge in [0.05, 0.1) is 17.6 Å². The zero-order valence-corrected chi connectivity index (χ0v) is 14.4. The van der Waals surface area contributed by atoms with Crippen LogP contribution in [0.3, 0.4) is 0 Å². The fraction of sp³-hybridized carbons (Fsp3) is 0.133. The van der Waals surface area contributed by atoms with E-state index in [0.29, 0.717) is 15.6 Å². The van der Waals surface area contributed by atoms with Gasteiger partial charge in [0.1, 0.15) is 0 Å². The monoisotopic (exact) mass is 373 g/mol. The Morgan fingerprint density at radius 3 is 2.57 bits per heavy atom. The Labute approximate surface area is 144 Å². The van der Waals surface area contributed by atoms with Crippen molar-refractivity contribution in [2.45, 2.75) is 11.4 Å². The summed E-state index contributed by atoms with van der Waals surface area (Å²) in [7, 11) is -2.57. The number of carbonyl (C=O) groups excluding carboxylic acids is 1. The van der Waals surface area contributed by atoms with Crippen LogP contribution in [0, 0.1) is 0 Å². The first-order valence-corrected chi connectivity index (χ1v) is 8.69. The lowest BCUT2D eigenvalue weighted by atomic mass is 10.2. The standard InChI is InChI=1S/C15H13Cl2NO4S/c1-22-15(19)10-3-2-4-13(7-10)23(20,21)18-9-11-5-6-12(16)8-14(11)17/h2-8,18H,9H2,1H3. The first-order chi connectivity index (χ1) is 10.8. The van der Waals surface area contributed by atoms with Crippen molar-refractivity contribution >= 4 is 39.2 Å².